The van der Waals surface area contributed by atoms with Gasteiger partial charge in [0.1, 0.15) is 0 Å². The van der Waals surface area contributed by atoms with Gasteiger partial charge in [0, 0.05) is 12.1 Å². The van der Waals surface area contributed by atoms with E-state index < -0.39 is 0 Å². The lowest BCUT2D eigenvalue weighted by Gasteiger charge is -2.14. The van der Waals surface area contributed by atoms with Crippen LogP contribution in [0.3, 0.4) is 0 Å². The summed E-state index contributed by atoms with van der Waals surface area (Å²) in [7, 11) is 0. The van der Waals surface area contributed by atoms with Crippen LogP contribution in [0.5, 0.6) is 0 Å². The summed E-state index contributed by atoms with van der Waals surface area (Å²) >= 11 is 0. The van der Waals surface area contributed by atoms with Crippen molar-refractivity contribution in [3.8, 4) is 0 Å². The van der Waals surface area contributed by atoms with Gasteiger partial charge in [0.2, 0.25) is 0 Å². The largest absolute Gasteiger partial charge is 0.270 e. The Morgan fingerprint density at radius 2 is 1.65 bits per heavy atom. The second-order valence-electron chi connectivity index (χ2n) is 6.02. The molecule has 0 amide bonds. The van der Waals surface area contributed by atoms with Crippen molar-refractivity contribution < 1.29 is 4.92 Å². The summed E-state index contributed by atoms with van der Waals surface area (Å²) in [4.78, 5) is 10.7. The Kier molecular flexibility index (Phi) is 5.09. The lowest BCUT2D eigenvalue weighted by atomic mass is 9.90. The highest BCUT2D eigenvalue weighted by Gasteiger charge is 2.12. The van der Waals surface area contributed by atoms with Crippen molar-refractivity contribution in [3.05, 3.63) is 117 Å². The molecule has 0 aromatic heterocycles. The maximum absolute atomic E-state index is 11.1. The fourth-order valence-corrected chi connectivity index (χ4v) is 2.99. The van der Waals surface area contributed by atoms with Gasteiger partial charge < -0.3 is 0 Å². The zero-order valence-electron chi connectivity index (χ0n) is 14.6. The van der Waals surface area contributed by atoms with Crippen molar-refractivity contribution >= 4 is 23.4 Å². The van der Waals surface area contributed by atoms with E-state index in [4.69, 9.17) is 0 Å². The lowest BCUT2D eigenvalue weighted by molar-refractivity contribution is -0.384. The number of nitro groups is 1. The monoisotopic (exact) mass is 341 g/mol. The molecule has 0 fully saturated rings. The molecule has 0 radical (unpaired) electrons. The smallest absolute Gasteiger partial charge is 0.258 e. The summed E-state index contributed by atoms with van der Waals surface area (Å²) in [6.07, 6.45) is 3.83. The SMILES string of the molecule is C=Cc1ccccc1/C(=C/c1cccc([N+](=O)[O-])c1)c1ccccc1C. The van der Waals surface area contributed by atoms with E-state index in [1.165, 1.54) is 6.07 Å². The molecule has 0 spiro atoms. The molecule has 0 atom stereocenters. The minimum atomic E-state index is -0.373. The highest BCUT2D eigenvalue weighted by Crippen LogP contribution is 2.31. The highest BCUT2D eigenvalue weighted by molar-refractivity contribution is 5.95. The molecule has 0 bridgehead atoms. The minimum Gasteiger partial charge on any atom is -0.258 e. The van der Waals surface area contributed by atoms with Gasteiger partial charge >= 0.3 is 0 Å². The van der Waals surface area contributed by atoms with E-state index in [0.717, 1.165) is 33.4 Å². The Balaban J connectivity index is 2.25. The van der Waals surface area contributed by atoms with Crippen LogP contribution in [0.4, 0.5) is 5.69 Å². The van der Waals surface area contributed by atoms with Gasteiger partial charge in [-0.15, -0.1) is 0 Å². The van der Waals surface area contributed by atoms with Gasteiger partial charge in [0.15, 0.2) is 0 Å². The molecule has 0 unspecified atom stereocenters. The number of nitro benzene ring substituents is 1. The van der Waals surface area contributed by atoms with E-state index >= 15 is 0 Å². The van der Waals surface area contributed by atoms with Gasteiger partial charge in [-0.3, -0.25) is 10.1 Å². The van der Waals surface area contributed by atoms with Crippen molar-refractivity contribution in [3.63, 3.8) is 0 Å². The Labute approximate surface area is 153 Å². The van der Waals surface area contributed by atoms with E-state index in [0.29, 0.717) is 0 Å². The van der Waals surface area contributed by atoms with Crippen molar-refractivity contribution in [2.75, 3.05) is 0 Å². The topological polar surface area (TPSA) is 43.1 Å². The maximum atomic E-state index is 11.1. The fraction of sp³-hybridized carbons (Fsp3) is 0.0435. The number of rotatable bonds is 5. The van der Waals surface area contributed by atoms with Crippen molar-refractivity contribution in [1.82, 2.24) is 0 Å². The Morgan fingerprint density at radius 1 is 0.962 bits per heavy atom. The molecule has 0 aliphatic heterocycles. The third-order valence-electron chi connectivity index (χ3n) is 4.30. The van der Waals surface area contributed by atoms with Crippen molar-refractivity contribution in [2.24, 2.45) is 0 Å². The van der Waals surface area contributed by atoms with Gasteiger partial charge in [-0.1, -0.05) is 73.3 Å². The molecule has 0 aliphatic rings. The van der Waals surface area contributed by atoms with E-state index in [-0.39, 0.29) is 10.6 Å². The third kappa shape index (κ3) is 3.62. The van der Waals surface area contributed by atoms with Crippen LogP contribution in [0.1, 0.15) is 27.8 Å². The van der Waals surface area contributed by atoms with Crippen LogP contribution in [-0.2, 0) is 0 Å². The highest BCUT2D eigenvalue weighted by atomic mass is 16.6. The van der Waals surface area contributed by atoms with E-state index in [1.807, 2.05) is 54.6 Å². The number of hydrogen-bond acceptors (Lipinski definition) is 2. The van der Waals surface area contributed by atoms with Gasteiger partial charge in [-0.05, 0) is 46.4 Å². The molecule has 0 saturated heterocycles. The van der Waals surface area contributed by atoms with Gasteiger partial charge in [0.05, 0.1) is 4.92 Å². The zero-order chi connectivity index (χ0) is 18.5. The Hall–Kier alpha value is -3.46. The first kappa shape index (κ1) is 17.4. The maximum Gasteiger partial charge on any atom is 0.270 e. The molecule has 0 N–H and O–H groups in total. The van der Waals surface area contributed by atoms with Crippen LogP contribution in [0.2, 0.25) is 0 Å². The number of hydrogen-bond donors (Lipinski definition) is 0. The predicted molar refractivity (Wildman–Crippen MR) is 108 cm³/mol. The number of benzene rings is 3. The first-order valence-corrected chi connectivity index (χ1v) is 8.34. The first-order valence-electron chi connectivity index (χ1n) is 8.34. The fourth-order valence-electron chi connectivity index (χ4n) is 2.99. The Bertz CT molecular complexity index is 1000. The number of nitrogens with zero attached hydrogens (tertiary/aromatic N) is 1. The lowest BCUT2D eigenvalue weighted by Crippen LogP contribution is -1.95. The number of aryl methyl sites for hydroxylation is 1. The van der Waals surface area contributed by atoms with E-state index in [1.54, 1.807) is 12.1 Å². The van der Waals surface area contributed by atoms with E-state index in [2.05, 4.69) is 25.6 Å². The second kappa shape index (κ2) is 7.62. The van der Waals surface area contributed by atoms with E-state index in [9.17, 15) is 10.1 Å². The van der Waals surface area contributed by atoms with Crippen molar-refractivity contribution in [1.29, 1.82) is 0 Å². The van der Waals surface area contributed by atoms with Crippen LogP contribution < -0.4 is 0 Å². The summed E-state index contributed by atoms with van der Waals surface area (Å²) in [5, 5.41) is 11.1. The minimum absolute atomic E-state index is 0.0832. The third-order valence-corrected chi connectivity index (χ3v) is 4.30. The molecular weight excluding hydrogens is 322 g/mol. The Morgan fingerprint density at radius 3 is 2.35 bits per heavy atom. The summed E-state index contributed by atoms with van der Waals surface area (Å²) in [6, 6.07) is 22.8. The molecule has 3 aromatic rings. The summed E-state index contributed by atoms with van der Waals surface area (Å²) < 4.78 is 0. The molecule has 128 valence electrons. The standard InChI is InChI=1S/C23H19NO2/c1-3-19-11-5-7-14-22(19)23(21-13-6-4-9-17(21)2)16-18-10-8-12-20(15-18)24(25)26/h3-16H,1H2,2H3/b23-16+. The molecule has 0 aliphatic carbocycles. The quantitative estimate of drug-likeness (QED) is 0.318. The zero-order valence-corrected chi connectivity index (χ0v) is 14.6. The van der Waals surface area contributed by atoms with Crippen LogP contribution in [0.15, 0.2) is 79.4 Å². The molecule has 3 rings (SSSR count). The molecule has 0 heterocycles. The molecule has 0 saturated carbocycles. The summed E-state index contributed by atoms with van der Waals surface area (Å²) in [6.45, 7) is 5.98. The molecule has 26 heavy (non-hydrogen) atoms. The second-order valence-corrected chi connectivity index (χ2v) is 6.02. The van der Waals surface area contributed by atoms with Crippen LogP contribution in [0, 0.1) is 17.0 Å². The molecule has 3 nitrogen and oxygen atoms in total. The average molecular weight is 341 g/mol. The van der Waals surface area contributed by atoms with Crippen molar-refractivity contribution in [2.45, 2.75) is 6.92 Å². The van der Waals surface area contributed by atoms with Crippen LogP contribution >= 0.6 is 0 Å². The number of non-ortho nitro benzene ring substituents is 1. The van der Waals surface area contributed by atoms with Gasteiger partial charge in [0.25, 0.3) is 5.69 Å². The van der Waals surface area contributed by atoms with Gasteiger partial charge in [-0.2, -0.15) is 0 Å². The summed E-state index contributed by atoms with van der Waals surface area (Å²) in [5.41, 5.74) is 6.18. The first-order chi connectivity index (χ1) is 12.6. The average Bonchev–Trinajstić information content (AvgIpc) is 2.67. The molecule has 3 aromatic carbocycles. The molecular formula is C23H19NO2. The van der Waals surface area contributed by atoms with Crippen LogP contribution in [0.25, 0.3) is 17.7 Å². The predicted octanol–water partition coefficient (Wildman–Crippen LogP) is 6.14. The molecule has 3 heteroatoms. The van der Waals surface area contributed by atoms with Gasteiger partial charge in [-0.25, -0.2) is 0 Å². The summed E-state index contributed by atoms with van der Waals surface area (Å²) in [5.74, 6) is 0. The van der Waals surface area contributed by atoms with Crippen LogP contribution in [-0.4, -0.2) is 4.92 Å². The normalized spacial score (nSPS) is 11.2.